The van der Waals surface area contributed by atoms with E-state index in [2.05, 4.69) is 10.2 Å². The third kappa shape index (κ3) is 2.75. The van der Waals surface area contributed by atoms with Crippen molar-refractivity contribution in [3.05, 3.63) is 30.4 Å². The topological polar surface area (TPSA) is 73.0 Å². The van der Waals surface area contributed by atoms with Gasteiger partial charge >= 0.3 is 0 Å². The number of aromatic nitrogens is 4. The molecule has 8 heteroatoms. The van der Waals surface area contributed by atoms with Crippen molar-refractivity contribution < 1.29 is 8.42 Å². The van der Waals surface area contributed by atoms with Crippen molar-refractivity contribution in [1.29, 1.82) is 0 Å². The van der Waals surface area contributed by atoms with Gasteiger partial charge in [0, 0.05) is 32.5 Å². The summed E-state index contributed by atoms with van der Waals surface area (Å²) < 4.78 is 29.5. The zero-order valence-electron chi connectivity index (χ0n) is 11.9. The molecule has 20 heavy (non-hydrogen) atoms. The van der Waals surface area contributed by atoms with Crippen LogP contribution in [0.4, 0.5) is 0 Å². The third-order valence-corrected chi connectivity index (χ3v) is 4.89. The van der Waals surface area contributed by atoms with E-state index in [0.29, 0.717) is 13.1 Å². The lowest BCUT2D eigenvalue weighted by Gasteiger charge is -2.16. The maximum absolute atomic E-state index is 12.4. The molecule has 7 nitrogen and oxygen atoms in total. The largest absolute Gasteiger partial charge is 0.272 e. The summed E-state index contributed by atoms with van der Waals surface area (Å²) in [7, 11) is -1.96. The molecule has 2 aromatic heterocycles. The predicted molar refractivity (Wildman–Crippen MR) is 74.5 cm³/mol. The SMILES string of the molecule is CCn1cc(S(=O)(=O)N(C)Cc2ccnn2CC)cn1. The maximum atomic E-state index is 12.4. The van der Waals surface area contributed by atoms with Crippen molar-refractivity contribution in [2.24, 2.45) is 0 Å². The highest BCUT2D eigenvalue weighted by molar-refractivity contribution is 7.89. The van der Waals surface area contributed by atoms with Gasteiger partial charge in [-0.3, -0.25) is 9.36 Å². The highest BCUT2D eigenvalue weighted by atomic mass is 32.2. The Hall–Kier alpha value is -1.67. The number of sulfonamides is 1. The van der Waals surface area contributed by atoms with Crippen LogP contribution in [0.25, 0.3) is 0 Å². The van der Waals surface area contributed by atoms with Crippen molar-refractivity contribution in [3.63, 3.8) is 0 Å². The first kappa shape index (κ1) is 14.7. The summed E-state index contributed by atoms with van der Waals surface area (Å²) in [6.45, 7) is 5.52. The average Bonchev–Trinajstić information content (AvgIpc) is 3.07. The summed E-state index contributed by atoms with van der Waals surface area (Å²) in [5.74, 6) is 0. The summed E-state index contributed by atoms with van der Waals surface area (Å²) >= 11 is 0. The smallest absolute Gasteiger partial charge is 0.246 e. The number of rotatable bonds is 6. The Morgan fingerprint density at radius 3 is 2.60 bits per heavy atom. The van der Waals surface area contributed by atoms with Gasteiger partial charge in [0.2, 0.25) is 10.0 Å². The van der Waals surface area contributed by atoms with Gasteiger partial charge < -0.3 is 0 Å². The van der Waals surface area contributed by atoms with Crippen molar-refractivity contribution >= 4 is 10.0 Å². The molecule has 0 fully saturated rings. The Morgan fingerprint density at radius 2 is 2.00 bits per heavy atom. The lowest BCUT2D eigenvalue weighted by Crippen LogP contribution is -2.27. The van der Waals surface area contributed by atoms with E-state index in [1.54, 1.807) is 28.8 Å². The summed E-state index contributed by atoms with van der Waals surface area (Å²) in [6, 6.07) is 1.82. The minimum absolute atomic E-state index is 0.212. The summed E-state index contributed by atoms with van der Waals surface area (Å²) in [5.41, 5.74) is 0.862. The number of hydrogen-bond donors (Lipinski definition) is 0. The van der Waals surface area contributed by atoms with Crippen molar-refractivity contribution in [2.75, 3.05) is 7.05 Å². The van der Waals surface area contributed by atoms with Crippen LogP contribution in [0.3, 0.4) is 0 Å². The molecule has 0 aliphatic carbocycles. The standard InChI is InChI=1S/C12H19N5O2S/c1-4-16-10-12(8-14-16)20(18,19)15(3)9-11-6-7-13-17(11)5-2/h6-8,10H,4-5,9H2,1-3H3. The Labute approximate surface area is 118 Å². The van der Waals surface area contributed by atoms with Crippen LogP contribution in [-0.4, -0.2) is 39.3 Å². The molecule has 0 saturated heterocycles. The summed E-state index contributed by atoms with van der Waals surface area (Å²) in [5, 5.41) is 8.15. The Kier molecular flexibility index (Phi) is 4.24. The van der Waals surface area contributed by atoms with E-state index in [4.69, 9.17) is 0 Å². The zero-order valence-corrected chi connectivity index (χ0v) is 12.7. The van der Waals surface area contributed by atoms with Crippen LogP contribution in [-0.2, 0) is 29.7 Å². The molecule has 0 unspecified atom stereocenters. The van der Waals surface area contributed by atoms with Gasteiger partial charge in [-0.05, 0) is 19.9 Å². The Balaban J connectivity index is 2.21. The van der Waals surface area contributed by atoms with Crippen molar-refractivity contribution in [2.45, 2.75) is 38.4 Å². The first-order chi connectivity index (χ1) is 9.48. The quantitative estimate of drug-likeness (QED) is 0.795. The van der Waals surface area contributed by atoms with Crippen LogP contribution >= 0.6 is 0 Å². The van der Waals surface area contributed by atoms with Crippen LogP contribution < -0.4 is 0 Å². The van der Waals surface area contributed by atoms with Crippen molar-refractivity contribution in [3.8, 4) is 0 Å². The molecule has 0 bridgehead atoms. The van der Waals surface area contributed by atoms with Gasteiger partial charge in [-0.25, -0.2) is 8.42 Å². The number of hydrogen-bond acceptors (Lipinski definition) is 4. The van der Waals surface area contributed by atoms with E-state index in [9.17, 15) is 8.42 Å². The summed E-state index contributed by atoms with van der Waals surface area (Å²) in [6.07, 6.45) is 4.60. The van der Waals surface area contributed by atoms with Crippen LogP contribution in [0.5, 0.6) is 0 Å². The fraction of sp³-hybridized carbons (Fsp3) is 0.500. The molecule has 0 atom stereocenters. The first-order valence-electron chi connectivity index (χ1n) is 6.48. The molecule has 2 heterocycles. The van der Waals surface area contributed by atoms with Gasteiger partial charge in [0.15, 0.2) is 0 Å². The zero-order chi connectivity index (χ0) is 14.8. The van der Waals surface area contributed by atoms with E-state index < -0.39 is 10.0 Å². The van der Waals surface area contributed by atoms with E-state index >= 15 is 0 Å². The monoisotopic (exact) mass is 297 g/mol. The molecule has 0 aliphatic heterocycles. The second-order valence-corrected chi connectivity index (χ2v) is 6.48. The lowest BCUT2D eigenvalue weighted by atomic mass is 10.4. The second-order valence-electron chi connectivity index (χ2n) is 4.43. The lowest BCUT2D eigenvalue weighted by molar-refractivity contribution is 0.447. The molecule has 2 aromatic rings. The normalized spacial score (nSPS) is 12.2. The van der Waals surface area contributed by atoms with Gasteiger partial charge in [0.05, 0.1) is 18.4 Å². The highest BCUT2D eigenvalue weighted by Crippen LogP contribution is 2.16. The minimum atomic E-state index is -3.52. The molecular weight excluding hydrogens is 278 g/mol. The van der Waals surface area contributed by atoms with E-state index in [-0.39, 0.29) is 11.4 Å². The van der Waals surface area contributed by atoms with Crippen LogP contribution in [0, 0.1) is 0 Å². The van der Waals surface area contributed by atoms with Gasteiger partial charge in [-0.1, -0.05) is 0 Å². The molecule has 0 saturated carbocycles. The van der Waals surface area contributed by atoms with Gasteiger partial charge in [0.25, 0.3) is 0 Å². The molecule has 0 radical (unpaired) electrons. The molecule has 0 aliphatic rings. The third-order valence-electron chi connectivity index (χ3n) is 3.13. The van der Waals surface area contributed by atoms with Crippen LogP contribution in [0.1, 0.15) is 19.5 Å². The molecule has 0 spiro atoms. The van der Waals surface area contributed by atoms with Gasteiger partial charge in [0.1, 0.15) is 4.90 Å². The Bertz CT molecular complexity index is 674. The fourth-order valence-corrected chi connectivity index (χ4v) is 3.02. The van der Waals surface area contributed by atoms with E-state index in [1.807, 2.05) is 19.9 Å². The van der Waals surface area contributed by atoms with E-state index in [1.165, 1.54) is 10.5 Å². The molecule has 0 N–H and O–H groups in total. The maximum Gasteiger partial charge on any atom is 0.246 e. The van der Waals surface area contributed by atoms with Gasteiger partial charge in [-0.2, -0.15) is 14.5 Å². The number of aryl methyl sites for hydroxylation is 2. The van der Waals surface area contributed by atoms with Crippen molar-refractivity contribution in [1.82, 2.24) is 23.9 Å². The molecule has 0 amide bonds. The van der Waals surface area contributed by atoms with E-state index in [0.717, 1.165) is 5.69 Å². The molecular formula is C12H19N5O2S. The van der Waals surface area contributed by atoms with Crippen LogP contribution in [0.15, 0.2) is 29.6 Å². The number of nitrogens with zero attached hydrogens (tertiary/aromatic N) is 5. The Morgan fingerprint density at radius 1 is 1.25 bits per heavy atom. The molecule has 110 valence electrons. The highest BCUT2D eigenvalue weighted by Gasteiger charge is 2.23. The predicted octanol–water partition coefficient (Wildman–Crippen LogP) is 0.940. The first-order valence-corrected chi connectivity index (χ1v) is 7.92. The fourth-order valence-electron chi connectivity index (χ4n) is 1.92. The average molecular weight is 297 g/mol. The molecule has 0 aromatic carbocycles. The second kappa shape index (κ2) is 5.76. The molecule has 2 rings (SSSR count). The summed E-state index contributed by atoms with van der Waals surface area (Å²) in [4.78, 5) is 0.212. The van der Waals surface area contributed by atoms with Crippen LogP contribution in [0.2, 0.25) is 0 Å². The minimum Gasteiger partial charge on any atom is -0.272 e. The van der Waals surface area contributed by atoms with Gasteiger partial charge in [-0.15, -0.1) is 0 Å².